The molecule has 0 unspecified atom stereocenters. The van der Waals surface area contributed by atoms with Crippen molar-refractivity contribution < 1.29 is 19.1 Å². The molecule has 5 aliphatic rings. The normalized spacial score (nSPS) is 37.7. The van der Waals surface area contributed by atoms with Crippen LogP contribution in [0.4, 0.5) is 5.69 Å². The first-order valence-electron chi connectivity index (χ1n) is 15.1. The molecule has 0 radical (unpaired) electrons. The fraction of sp³-hybridized carbons (Fsp3) is 0.656. The van der Waals surface area contributed by atoms with E-state index in [1.807, 2.05) is 49.1 Å². The summed E-state index contributed by atoms with van der Waals surface area (Å²) in [4.78, 5) is 44.1. The molecule has 8 atom stereocenters. The molecule has 3 amide bonds. The van der Waals surface area contributed by atoms with Gasteiger partial charge in [0.1, 0.15) is 11.6 Å². The minimum atomic E-state index is -1.10. The molecule has 2 N–H and O–H groups in total. The van der Waals surface area contributed by atoms with E-state index in [0.29, 0.717) is 17.5 Å². The van der Waals surface area contributed by atoms with Crippen molar-refractivity contribution in [3.05, 3.63) is 41.5 Å². The van der Waals surface area contributed by atoms with E-state index >= 15 is 0 Å². The third kappa shape index (κ3) is 4.32. The lowest BCUT2D eigenvalue weighted by atomic mass is 9.73. The van der Waals surface area contributed by atoms with Gasteiger partial charge in [0, 0.05) is 17.8 Å². The van der Waals surface area contributed by atoms with Crippen molar-refractivity contribution in [2.24, 2.45) is 23.7 Å². The molecule has 3 aliphatic heterocycles. The van der Waals surface area contributed by atoms with Crippen LogP contribution >= 0.6 is 0 Å². The van der Waals surface area contributed by atoms with E-state index in [-0.39, 0.29) is 29.8 Å². The first-order valence-corrected chi connectivity index (χ1v) is 15.1. The minimum absolute atomic E-state index is 0.00388. The largest absolute Gasteiger partial charge is 0.359 e. The van der Waals surface area contributed by atoms with Crippen LogP contribution in [0.25, 0.3) is 0 Å². The zero-order valence-corrected chi connectivity index (χ0v) is 23.7. The van der Waals surface area contributed by atoms with E-state index in [9.17, 15) is 14.4 Å². The van der Waals surface area contributed by atoms with E-state index in [1.54, 1.807) is 0 Å². The van der Waals surface area contributed by atoms with Gasteiger partial charge in [-0.2, -0.15) is 0 Å². The van der Waals surface area contributed by atoms with Crippen molar-refractivity contribution in [3.8, 4) is 0 Å². The summed E-state index contributed by atoms with van der Waals surface area (Å²) in [6.07, 6.45) is 11.6. The molecule has 2 bridgehead atoms. The maximum absolute atomic E-state index is 14.3. The second-order valence-corrected chi connectivity index (χ2v) is 12.9. The summed E-state index contributed by atoms with van der Waals surface area (Å²) in [7, 11) is 0. The molecule has 2 saturated carbocycles. The van der Waals surface area contributed by atoms with Gasteiger partial charge >= 0.3 is 0 Å². The molecule has 3 heterocycles. The number of ether oxygens (including phenoxy) is 1. The zero-order valence-electron chi connectivity index (χ0n) is 23.7. The first-order chi connectivity index (χ1) is 18.7. The molecule has 210 valence electrons. The summed E-state index contributed by atoms with van der Waals surface area (Å²) < 4.78 is 6.57. The van der Waals surface area contributed by atoms with Crippen LogP contribution in [0.5, 0.6) is 0 Å². The van der Waals surface area contributed by atoms with Gasteiger partial charge < -0.3 is 20.3 Å². The van der Waals surface area contributed by atoms with Crippen LogP contribution in [0.2, 0.25) is 0 Å². The van der Waals surface area contributed by atoms with Crippen LogP contribution in [-0.4, -0.2) is 52.5 Å². The molecular formula is C32H43N3O4. The van der Waals surface area contributed by atoms with Crippen molar-refractivity contribution in [2.45, 2.75) is 109 Å². The fourth-order valence-corrected chi connectivity index (χ4v) is 8.05. The van der Waals surface area contributed by atoms with Gasteiger partial charge in [-0.1, -0.05) is 64.2 Å². The number of fused-ring (bicyclic) bond motifs is 1. The fourth-order valence-electron chi connectivity index (χ4n) is 8.05. The maximum Gasteiger partial charge on any atom is 0.246 e. The smallest absolute Gasteiger partial charge is 0.246 e. The Balaban J connectivity index is 1.31. The van der Waals surface area contributed by atoms with Crippen LogP contribution in [0.1, 0.15) is 76.3 Å². The van der Waals surface area contributed by atoms with Gasteiger partial charge in [-0.3, -0.25) is 14.4 Å². The highest BCUT2D eigenvalue weighted by Gasteiger charge is 2.73. The minimum Gasteiger partial charge on any atom is -0.359 e. The lowest BCUT2D eigenvalue weighted by molar-refractivity contribution is -0.145. The Kier molecular flexibility index (Phi) is 6.85. The Hall–Kier alpha value is -2.67. The molecule has 0 aromatic heterocycles. The van der Waals surface area contributed by atoms with E-state index in [4.69, 9.17) is 4.74 Å². The topological polar surface area (TPSA) is 87.7 Å². The summed E-state index contributed by atoms with van der Waals surface area (Å²) in [5, 5.41) is 6.43. The van der Waals surface area contributed by atoms with Gasteiger partial charge in [-0.15, -0.1) is 0 Å². The molecule has 6 rings (SSSR count). The van der Waals surface area contributed by atoms with Crippen molar-refractivity contribution in [3.63, 3.8) is 0 Å². The Bertz CT molecular complexity index is 1190. The molecule has 2 saturated heterocycles. The number of anilines is 1. The summed E-state index contributed by atoms with van der Waals surface area (Å²) >= 11 is 0. The number of likely N-dealkylation sites (tertiary alicyclic amines) is 1. The standard InChI is InChI=1S/C32H43N3O4/c1-18-13-14-22(17-20(18)3)33-29(36)26-25-15-16-32(39-25)27(26)31(38)35(23-10-6-5-7-11-23)28(32)30(37)34-24-12-8-9-19(2)21(24)4/h13-17,19,21,23-28H,5-12H2,1-4H3,(H,33,36)(H,34,37)/t19-,21-,24-,25+,26-,27+,28+,32+/m1/s1. The highest BCUT2D eigenvalue weighted by Crippen LogP contribution is 2.56. The van der Waals surface area contributed by atoms with Crippen LogP contribution in [0.3, 0.4) is 0 Å². The number of nitrogens with one attached hydrogen (secondary N) is 2. The predicted octanol–water partition coefficient (Wildman–Crippen LogP) is 4.67. The molecule has 7 heteroatoms. The van der Waals surface area contributed by atoms with Gasteiger partial charge in [-0.25, -0.2) is 0 Å². The number of aryl methyl sites for hydroxylation is 2. The molecule has 4 fully saturated rings. The van der Waals surface area contributed by atoms with Crippen LogP contribution < -0.4 is 10.6 Å². The predicted molar refractivity (Wildman–Crippen MR) is 150 cm³/mol. The quantitative estimate of drug-likeness (QED) is 0.539. The van der Waals surface area contributed by atoms with E-state index in [1.165, 1.54) is 6.42 Å². The Morgan fingerprint density at radius 2 is 1.74 bits per heavy atom. The Morgan fingerprint density at radius 1 is 0.974 bits per heavy atom. The highest BCUT2D eigenvalue weighted by atomic mass is 16.5. The van der Waals surface area contributed by atoms with Gasteiger partial charge in [0.25, 0.3) is 0 Å². The average molecular weight is 534 g/mol. The van der Waals surface area contributed by atoms with E-state index < -0.39 is 29.6 Å². The molecule has 39 heavy (non-hydrogen) atoms. The van der Waals surface area contributed by atoms with Crippen LogP contribution in [-0.2, 0) is 19.1 Å². The maximum atomic E-state index is 14.3. The summed E-state index contributed by atoms with van der Waals surface area (Å²) in [6, 6.07) is 5.19. The first kappa shape index (κ1) is 26.5. The average Bonchev–Trinajstić information content (AvgIpc) is 3.56. The summed E-state index contributed by atoms with van der Waals surface area (Å²) in [5.74, 6) is -0.869. The zero-order chi connectivity index (χ0) is 27.5. The number of benzene rings is 1. The van der Waals surface area contributed by atoms with Gasteiger partial charge in [0.15, 0.2) is 0 Å². The Morgan fingerprint density at radius 3 is 2.49 bits per heavy atom. The van der Waals surface area contributed by atoms with Gasteiger partial charge in [0.2, 0.25) is 17.7 Å². The number of hydrogen-bond donors (Lipinski definition) is 2. The van der Waals surface area contributed by atoms with Crippen molar-refractivity contribution in [2.75, 3.05) is 5.32 Å². The number of hydrogen-bond acceptors (Lipinski definition) is 4. The number of carbonyl (C=O) groups excluding carboxylic acids is 3. The highest BCUT2D eigenvalue weighted by molar-refractivity contribution is 6.03. The number of carbonyl (C=O) groups is 3. The van der Waals surface area contributed by atoms with Crippen molar-refractivity contribution in [1.82, 2.24) is 10.2 Å². The Labute approximate surface area is 232 Å². The second kappa shape index (κ2) is 10.1. The molecule has 7 nitrogen and oxygen atoms in total. The van der Waals surface area contributed by atoms with E-state index in [0.717, 1.165) is 56.1 Å². The van der Waals surface area contributed by atoms with Crippen molar-refractivity contribution in [1.29, 1.82) is 0 Å². The second-order valence-electron chi connectivity index (χ2n) is 12.9. The van der Waals surface area contributed by atoms with Gasteiger partial charge in [0.05, 0.1) is 17.9 Å². The lowest BCUT2D eigenvalue weighted by Gasteiger charge is -2.40. The molecule has 2 aliphatic carbocycles. The SMILES string of the molecule is Cc1ccc(NC(=O)[C@@H]2[C@@H]3C=C[C@]4(O3)[C@@H]2C(=O)N(C2CCCCC2)[C@H]4C(=O)N[C@@H]2CCC[C@@H](C)[C@H]2C)cc1C. The number of rotatable bonds is 5. The molecule has 1 aromatic rings. The molecular weight excluding hydrogens is 490 g/mol. The summed E-state index contributed by atoms with van der Waals surface area (Å²) in [5.41, 5.74) is 1.87. The van der Waals surface area contributed by atoms with Gasteiger partial charge in [-0.05, 0) is 68.2 Å². The molecule has 1 spiro atoms. The van der Waals surface area contributed by atoms with Crippen LogP contribution in [0, 0.1) is 37.5 Å². The number of nitrogens with zero attached hydrogens (tertiary/aromatic N) is 1. The van der Waals surface area contributed by atoms with Crippen molar-refractivity contribution >= 4 is 23.4 Å². The van der Waals surface area contributed by atoms with Crippen LogP contribution in [0.15, 0.2) is 30.4 Å². The third-order valence-corrected chi connectivity index (χ3v) is 10.6. The lowest BCUT2D eigenvalue weighted by Crippen LogP contribution is -2.59. The number of amides is 3. The van der Waals surface area contributed by atoms with E-state index in [2.05, 4.69) is 24.5 Å². The molecule has 1 aromatic carbocycles. The third-order valence-electron chi connectivity index (χ3n) is 10.6. The monoisotopic (exact) mass is 533 g/mol. The summed E-state index contributed by atoms with van der Waals surface area (Å²) in [6.45, 7) is 8.53.